The van der Waals surface area contributed by atoms with Gasteiger partial charge >= 0.3 is 5.97 Å². The summed E-state index contributed by atoms with van der Waals surface area (Å²) in [5.74, 6) is -0.203. The van der Waals surface area contributed by atoms with Gasteiger partial charge in [0, 0.05) is 6.54 Å². The lowest BCUT2D eigenvalue weighted by Gasteiger charge is -2.14. The van der Waals surface area contributed by atoms with Gasteiger partial charge in [0.15, 0.2) is 12.7 Å². The van der Waals surface area contributed by atoms with Crippen molar-refractivity contribution in [1.82, 2.24) is 5.32 Å². The highest BCUT2D eigenvalue weighted by Crippen LogP contribution is 2.25. The Morgan fingerprint density at radius 2 is 1.85 bits per heavy atom. The second-order valence-corrected chi connectivity index (χ2v) is 6.73. The lowest BCUT2D eigenvalue weighted by molar-refractivity contribution is -0.156. The highest BCUT2D eigenvalue weighted by Gasteiger charge is 2.18. The number of fused-ring (bicyclic) bond motifs is 1. The number of aryl methyl sites for hydroxylation is 2. The van der Waals surface area contributed by atoms with Crippen LogP contribution >= 0.6 is 0 Å². The van der Waals surface area contributed by atoms with Crippen molar-refractivity contribution >= 4 is 11.9 Å². The van der Waals surface area contributed by atoms with Gasteiger partial charge in [-0.25, -0.2) is 4.79 Å². The van der Waals surface area contributed by atoms with Crippen molar-refractivity contribution in [3.63, 3.8) is 0 Å². The first-order chi connectivity index (χ1) is 13.1. The van der Waals surface area contributed by atoms with Crippen molar-refractivity contribution in [1.29, 1.82) is 0 Å². The Balaban J connectivity index is 1.37. The molecule has 142 valence electrons. The van der Waals surface area contributed by atoms with Crippen LogP contribution in [0.5, 0.6) is 5.75 Å². The van der Waals surface area contributed by atoms with Crippen molar-refractivity contribution < 1.29 is 19.1 Å². The van der Waals surface area contributed by atoms with Crippen LogP contribution in [0.1, 0.15) is 30.0 Å². The lowest BCUT2D eigenvalue weighted by Crippen LogP contribution is -2.37. The molecule has 0 spiro atoms. The Bertz CT molecular complexity index is 788. The maximum Gasteiger partial charge on any atom is 0.344 e. The largest absolute Gasteiger partial charge is 0.482 e. The van der Waals surface area contributed by atoms with Crippen LogP contribution in [-0.2, 0) is 33.6 Å². The third kappa shape index (κ3) is 5.58. The van der Waals surface area contributed by atoms with Crippen LogP contribution in [0.25, 0.3) is 0 Å². The SMILES string of the molecule is C[C@@H](OC(=O)COc1ccc2c(c1)CCC2)C(=O)NCCc1ccccc1. The summed E-state index contributed by atoms with van der Waals surface area (Å²) in [6, 6.07) is 15.8. The van der Waals surface area contributed by atoms with Gasteiger partial charge in [-0.2, -0.15) is 0 Å². The molecule has 2 aromatic rings. The van der Waals surface area contributed by atoms with E-state index in [0.717, 1.165) is 31.2 Å². The average Bonchev–Trinajstić information content (AvgIpc) is 3.15. The minimum atomic E-state index is -0.850. The highest BCUT2D eigenvalue weighted by molar-refractivity contribution is 5.83. The molecule has 1 N–H and O–H groups in total. The zero-order valence-corrected chi connectivity index (χ0v) is 15.6. The van der Waals surface area contributed by atoms with Crippen LogP contribution < -0.4 is 10.1 Å². The van der Waals surface area contributed by atoms with E-state index in [-0.39, 0.29) is 12.5 Å². The molecule has 2 aromatic carbocycles. The molecule has 3 rings (SSSR count). The van der Waals surface area contributed by atoms with E-state index in [4.69, 9.17) is 9.47 Å². The number of hydrogen-bond donors (Lipinski definition) is 1. The molecule has 0 bridgehead atoms. The average molecular weight is 367 g/mol. The van der Waals surface area contributed by atoms with Gasteiger partial charge in [0.2, 0.25) is 0 Å². The molecule has 0 fully saturated rings. The maximum atomic E-state index is 12.0. The number of esters is 1. The summed E-state index contributed by atoms with van der Waals surface area (Å²) >= 11 is 0. The summed E-state index contributed by atoms with van der Waals surface area (Å²) in [7, 11) is 0. The molecule has 0 aromatic heterocycles. The minimum Gasteiger partial charge on any atom is -0.482 e. The minimum absolute atomic E-state index is 0.208. The summed E-state index contributed by atoms with van der Waals surface area (Å²) in [5, 5.41) is 2.78. The van der Waals surface area contributed by atoms with Crippen molar-refractivity contribution in [3.05, 3.63) is 65.2 Å². The van der Waals surface area contributed by atoms with Gasteiger partial charge in [0.25, 0.3) is 5.91 Å². The lowest BCUT2D eigenvalue weighted by atomic mass is 10.1. The van der Waals surface area contributed by atoms with Crippen LogP contribution in [-0.4, -0.2) is 31.1 Å². The smallest absolute Gasteiger partial charge is 0.344 e. The van der Waals surface area contributed by atoms with Crippen molar-refractivity contribution in [3.8, 4) is 5.75 Å². The van der Waals surface area contributed by atoms with Gasteiger partial charge in [-0.1, -0.05) is 36.4 Å². The van der Waals surface area contributed by atoms with E-state index in [1.165, 1.54) is 11.1 Å². The molecule has 0 heterocycles. The predicted octanol–water partition coefficient (Wildman–Crippen LogP) is 2.84. The summed E-state index contributed by atoms with van der Waals surface area (Å²) in [6.07, 6.45) is 3.20. The van der Waals surface area contributed by atoms with Gasteiger partial charge in [-0.15, -0.1) is 0 Å². The molecule has 27 heavy (non-hydrogen) atoms. The highest BCUT2D eigenvalue weighted by atomic mass is 16.6. The molecule has 0 saturated heterocycles. The molecule has 0 saturated carbocycles. The molecule has 0 aliphatic heterocycles. The fourth-order valence-corrected chi connectivity index (χ4v) is 3.18. The number of ether oxygens (including phenoxy) is 2. The number of rotatable bonds is 8. The Morgan fingerprint density at radius 3 is 2.67 bits per heavy atom. The molecule has 0 radical (unpaired) electrons. The Kier molecular flexibility index (Phi) is 6.47. The van der Waals surface area contributed by atoms with Crippen LogP contribution in [0.3, 0.4) is 0 Å². The fraction of sp³-hybridized carbons (Fsp3) is 0.364. The van der Waals surface area contributed by atoms with E-state index >= 15 is 0 Å². The molecule has 5 heteroatoms. The third-order valence-corrected chi connectivity index (χ3v) is 4.66. The first-order valence-electron chi connectivity index (χ1n) is 9.37. The van der Waals surface area contributed by atoms with E-state index < -0.39 is 12.1 Å². The number of carbonyl (C=O) groups is 2. The van der Waals surface area contributed by atoms with Crippen LogP contribution in [0.15, 0.2) is 48.5 Å². The normalized spacial score (nSPS) is 13.5. The molecular formula is C22H25NO4. The number of carbonyl (C=O) groups excluding carboxylic acids is 2. The van der Waals surface area contributed by atoms with Crippen molar-refractivity contribution in [2.24, 2.45) is 0 Å². The summed E-state index contributed by atoms with van der Waals surface area (Å²) < 4.78 is 10.7. The monoisotopic (exact) mass is 367 g/mol. The van der Waals surface area contributed by atoms with Gasteiger partial charge in [-0.3, -0.25) is 4.79 Å². The fourth-order valence-electron chi connectivity index (χ4n) is 3.18. The number of nitrogens with one attached hydrogen (secondary N) is 1. The molecule has 1 amide bonds. The Hall–Kier alpha value is -2.82. The number of amides is 1. The quantitative estimate of drug-likeness (QED) is 0.729. The summed E-state index contributed by atoms with van der Waals surface area (Å²) in [6.45, 7) is 1.85. The third-order valence-electron chi connectivity index (χ3n) is 4.66. The van der Waals surface area contributed by atoms with Gasteiger partial charge in [-0.05, 0) is 61.4 Å². The second kappa shape index (κ2) is 9.21. The Morgan fingerprint density at radius 1 is 1.07 bits per heavy atom. The van der Waals surface area contributed by atoms with Gasteiger partial charge in [0.05, 0.1) is 0 Å². The number of hydrogen-bond acceptors (Lipinski definition) is 4. The summed E-state index contributed by atoms with van der Waals surface area (Å²) in [4.78, 5) is 24.0. The van der Waals surface area contributed by atoms with Crippen molar-refractivity contribution in [2.45, 2.75) is 38.7 Å². The zero-order valence-electron chi connectivity index (χ0n) is 15.6. The van der Waals surface area contributed by atoms with Gasteiger partial charge < -0.3 is 14.8 Å². The molecule has 1 aliphatic carbocycles. The molecule has 1 aliphatic rings. The standard InChI is InChI=1S/C22H25NO4/c1-16(22(25)23-13-12-17-6-3-2-4-7-17)27-21(24)15-26-20-11-10-18-8-5-9-19(18)14-20/h2-4,6-7,10-11,14,16H,5,8-9,12-13,15H2,1H3,(H,23,25)/t16-/m1/s1. The molecular weight excluding hydrogens is 342 g/mol. The zero-order chi connectivity index (χ0) is 19.1. The molecule has 5 nitrogen and oxygen atoms in total. The van der Waals surface area contributed by atoms with E-state index in [0.29, 0.717) is 12.3 Å². The van der Waals surface area contributed by atoms with E-state index in [1.54, 1.807) is 6.92 Å². The van der Waals surface area contributed by atoms with Crippen LogP contribution in [0, 0.1) is 0 Å². The van der Waals surface area contributed by atoms with E-state index in [9.17, 15) is 9.59 Å². The van der Waals surface area contributed by atoms with E-state index in [1.807, 2.05) is 48.5 Å². The van der Waals surface area contributed by atoms with E-state index in [2.05, 4.69) is 5.32 Å². The second-order valence-electron chi connectivity index (χ2n) is 6.73. The van der Waals surface area contributed by atoms with Gasteiger partial charge in [0.1, 0.15) is 5.75 Å². The predicted molar refractivity (Wildman–Crippen MR) is 103 cm³/mol. The molecule has 1 atom stereocenters. The maximum absolute atomic E-state index is 12.0. The summed E-state index contributed by atoms with van der Waals surface area (Å²) in [5.41, 5.74) is 3.78. The van der Waals surface area contributed by atoms with Crippen LogP contribution in [0.2, 0.25) is 0 Å². The number of benzene rings is 2. The topological polar surface area (TPSA) is 64.6 Å². The molecule has 0 unspecified atom stereocenters. The van der Waals surface area contributed by atoms with Crippen LogP contribution in [0.4, 0.5) is 0 Å². The first-order valence-corrected chi connectivity index (χ1v) is 9.37. The Labute approximate surface area is 159 Å². The first kappa shape index (κ1) is 19.0. The van der Waals surface area contributed by atoms with Crippen molar-refractivity contribution in [2.75, 3.05) is 13.2 Å².